The summed E-state index contributed by atoms with van der Waals surface area (Å²) >= 11 is 0. The van der Waals surface area contributed by atoms with Crippen molar-refractivity contribution >= 4 is 5.91 Å². The van der Waals surface area contributed by atoms with Crippen LogP contribution in [0, 0.1) is 5.92 Å². The van der Waals surface area contributed by atoms with Gasteiger partial charge < -0.3 is 10.6 Å². The van der Waals surface area contributed by atoms with Gasteiger partial charge in [-0.3, -0.25) is 9.69 Å². The molecule has 0 bridgehead atoms. The number of carbonyl (C=O) groups is 1. The Morgan fingerprint density at radius 1 is 1.60 bits per heavy atom. The second kappa shape index (κ2) is 6.08. The lowest BCUT2D eigenvalue weighted by Crippen LogP contribution is -2.52. The molecule has 88 valence electrons. The van der Waals surface area contributed by atoms with E-state index in [0.29, 0.717) is 18.5 Å². The predicted octanol–water partition coefficient (Wildman–Crippen LogP) is 0.0523. The third-order valence-corrected chi connectivity index (χ3v) is 2.69. The van der Waals surface area contributed by atoms with Gasteiger partial charge in [-0.05, 0) is 12.8 Å². The van der Waals surface area contributed by atoms with Crippen LogP contribution >= 0.6 is 0 Å². The van der Waals surface area contributed by atoms with Crippen LogP contribution in [0.15, 0.2) is 0 Å². The highest BCUT2D eigenvalue weighted by molar-refractivity contribution is 5.78. The number of nitrogens with zero attached hydrogens (tertiary/aromatic N) is 1. The first-order valence-electron chi connectivity index (χ1n) is 5.81. The summed E-state index contributed by atoms with van der Waals surface area (Å²) in [6.07, 6.45) is 0. The summed E-state index contributed by atoms with van der Waals surface area (Å²) in [7, 11) is 0. The normalized spacial score (nSPS) is 23.1. The SMILES string of the molecule is CC(C)CNC(=O)CN1CCNC[C@H]1C. The van der Waals surface area contributed by atoms with E-state index in [-0.39, 0.29) is 5.91 Å². The lowest BCUT2D eigenvalue weighted by Gasteiger charge is -2.33. The molecule has 1 heterocycles. The first-order chi connectivity index (χ1) is 7.09. The van der Waals surface area contributed by atoms with Gasteiger partial charge in [0.15, 0.2) is 0 Å². The zero-order valence-corrected chi connectivity index (χ0v) is 10.0. The minimum absolute atomic E-state index is 0.150. The number of carbonyl (C=O) groups excluding carboxylic acids is 1. The maximum Gasteiger partial charge on any atom is 0.234 e. The van der Waals surface area contributed by atoms with Crippen molar-refractivity contribution < 1.29 is 4.79 Å². The van der Waals surface area contributed by atoms with Crippen molar-refractivity contribution in [1.29, 1.82) is 0 Å². The predicted molar refractivity (Wildman–Crippen MR) is 61.8 cm³/mol. The minimum Gasteiger partial charge on any atom is -0.355 e. The molecule has 1 aliphatic rings. The molecule has 1 rings (SSSR count). The fourth-order valence-corrected chi connectivity index (χ4v) is 1.68. The highest BCUT2D eigenvalue weighted by atomic mass is 16.2. The van der Waals surface area contributed by atoms with Gasteiger partial charge in [0.2, 0.25) is 5.91 Å². The smallest absolute Gasteiger partial charge is 0.234 e. The van der Waals surface area contributed by atoms with Crippen molar-refractivity contribution in [3.8, 4) is 0 Å². The van der Waals surface area contributed by atoms with Crippen LogP contribution in [0.5, 0.6) is 0 Å². The summed E-state index contributed by atoms with van der Waals surface area (Å²) in [4.78, 5) is 13.8. The Balaban J connectivity index is 2.24. The summed E-state index contributed by atoms with van der Waals surface area (Å²) in [6.45, 7) is 10.6. The van der Waals surface area contributed by atoms with Crippen LogP contribution in [0.2, 0.25) is 0 Å². The molecule has 0 saturated carbocycles. The van der Waals surface area contributed by atoms with Crippen LogP contribution in [0.1, 0.15) is 20.8 Å². The van der Waals surface area contributed by atoms with Crippen molar-refractivity contribution in [2.45, 2.75) is 26.8 Å². The largest absolute Gasteiger partial charge is 0.355 e. The van der Waals surface area contributed by atoms with Crippen LogP contribution in [0.25, 0.3) is 0 Å². The quantitative estimate of drug-likeness (QED) is 0.694. The first-order valence-corrected chi connectivity index (χ1v) is 5.81. The van der Waals surface area contributed by atoms with Crippen molar-refractivity contribution in [3.63, 3.8) is 0 Å². The Bertz CT molecular complexity index is 206. The van der Waals surface area contributed by atoms with E-state index < -0.39 is 0 Å². The van der Waals surface area contributed by atoms with Gasteiger partial charge in [0.25, 0.3) is 0 Å². The second-order valence-electron chi connectivity index (χ2n) is 4.72. The lowest BCUT2D eigenvalue weighted by molar-refractivity contribution is -0.123. The average Bonchev–Trinajstić information content (AvgIpc) is 2.18. The molecule has 0 unspecified atom stereocenters. The average molecular weight is 213 g/mol. The summed E-state index contributed by atoms with van der Waals surface area (Å²) in [6, 6.07) is 0.462. The molecule has 0 radical (unpaired) electrons. The molecule has 1 aliphatic heterocycles. The zero-order chi connectivity index (χ0) is 11.3. The summed E-state index contributed by atoms with van der Waals surface area (Å²) in [5.74, 6) is 0.673. The van der Waals surface area contributed by atoms with Gasteiger partial charge in [-0.1, -0.05) is 13.8 Å². The van der Waals surface area contributed by atoms with E-state index in [4.69, 9.17) is 0 Å². The summed E-state index contributed by atoms with van der Waals surface area (Å²) in [5, 5.41) is 6.26. The Kier molecular flexibility index (Phi) is 5.05. The van der Waals surface area contributed by atoms with Crippen LogP contribution < -0.4 is 10.6 Å². The molecule has 2 N–H and O–H groups in total. The molecule has 4 heteroatoms. The Morgan fingerprint density at radius 3 is 2.93 bits per heavy atom. The van der Waals surface area contributed by atoms with E-state index in [1.807, 2.05) is 0 Å². The third kappa shape index (κ3) is 4.62. The Hall–Kier alpha value is -0.610. The van der Waals surface area contributed by atoms with E-state index in [2.05, 4.69) is 36.3 Å². The number of hydrogen-bond acceptors (Lipinski definition) is 3. The fourth-order valence-electron chi connectivity index (χ4n) is 1.68. The molecule has 1 fully saturated rings. The van der Waals surface area contributed by atoms with Gasteiger partial charge in [0.1, 0.15) is 0 Å². The second-order valence-corrected chi connectivity index (χ2v) is 4.72. The standard InChI is InChI=1S/C11H23N3O/c1-9(2)6-13-11(15)8-14-5-4-12-7-10(14)3/h9-10,12H,4-8H2,1-3H3,(H,13,15)/t10-/m1/s1. The Labute approximate surface area is 92.4 Å². The molecule has 0 aromatic rings. The van der Waals surface area contributed by atoms with Crippen molar-refractivity contribution in [3.05, 3.63) is 0 Å². The molecular weight excluding hydrogens is 190 g/mol. The van der Waals surface area contributed by atoms with Crippen LogP contribution in [0.3, 0.4) is 0 Å². The van der Waals surface area contributed by atoms with E-state index in [9.17, 15) is 4.79 Å². The van der Waals surface area contributed by atoms with Crippen molar-refractivity contribution in [2.75, 3.05) is 32.7 Å². The summed E-state index contributed by atoms with van der Waals surface area (Å²) < 4.78 is 0. The fraction of sp³-hybridized carbons (Fsp3) is 0.909. The number of piperazine rings is 1. The molecule has 0 aliphatic carbocycles. The maximum atomic E-state index is 11.6. The molecule has 15 heavy (non-hydrogen) atoms. The molecule has 1 saturated heterocycles. The number of nitrogens with one attached hydrogen (secondary N) is 2. The Morgan fingerprint density at radius 2 is 2.33 bits per heavy atom. The molecule has 1 atom stereocenters. The molecule has 0 aromatic carbocycles. The van der Waals surface area contributed by atoms with Gasteiger partial charge in [0.05, 0.1) is 6.54 Å². The van der Waals surface area contributed by atoms with E-state index in [1.54, 1.807) is 0 Å². The van der Waals surface area contributed by atoms with E-state index in [0.717, 1.165) is 26.2 Å². The molecule has 0 spiro atoms. The lowest BCUT2D eigenvalue weighted by atomic mass is 10.2. The highest BCUT2D eigenvalue weighted by Gasteiger charge is 2.19. The monoisotopic (exact) mass is 213 g/mol. The van der Waals surface area contributed by atoms with Crippen LogP contribution in [-0.4, -0.2) is 49.6 Å². The number of amides is 1. The van der Waals surface area contributed by atoms with Gasteiger partial charge in [-0.15, -0.1) is 0 Å². The molecule has 0 aromatic heterocycles. The highest BCUT2D eigenvalue weighted by Crippen LogP contribution is 2.01. The van der Waals surface area contributed by atoms with Gasteiger partial charge in [0, 0.05) is 32.2 Å². The zero-order valence-electron chi connectivity index (χ0n) is 10.0. The molecular formula is C11H23N3O. The van der Waals surface area contributed by atoms with Crippen molar-refractivity contribution in [1.82, 2.24) is 15.5 Å². The van der Waals surface area contributed by atoms with Crippen LogP contribution in [-0.2, 0) is 4.79 Å². The molecule has 1 amide bonds. The topological polar surface area (TPSA) is 44.4 Å². The summed E-state index contributed by atoms with van der Waals surface area (Å²) in [5.41, 5.74) is 0. The van der Waals surface area contributed by atoms with E-state index in [1.165, 1.54) is 0 Å². The van der Waals surface area contributed by atoms with Gasteiger partial charge in [-0.2, -0.15) is 0 Å². The van der Waals surface area contributed by atoms with Crippen molar-refractivity contribution in [2.24, 2.45) is 5.92 Å². The first kappa shape index (κ1) is 12.5. The van der Waals surface area contributed by atoms with E-state index >= 15 is 0 Å². The third-order valence-electron chi connectivity index (χ3n) is 2.69. The number of hydrogen-bond donors (Lipinski definition) is 2. The van der Waals surface area contributed by atoms with Gasteiger partial charge >= 0.3 is 0 Å². The van der Waals surface area contributed by atoms with Crippen LogP contribution in [0.4, 0.5) is 0 Å². The molecule has 4 nitrogen and oxygen atoms in total. The number of rotatable bonds is 4. The maximum absolute atomic E-state index is 11.6. The van der Waals surface area contributed by atoms with Gasteiger partial charge in [-0.25, -0.2) is 0 Å². The minimum atomic E-state index is 0.150.